The molecule has 1 unspecified atom stereocenters. The van der Waals surface area contributed by atoms with Crippen LogP contribution in [0.5, 0.6) is 17.2 Å². The molecule has 0 saturated carbocycles. The first-order valence-electron chi connectivity index (χ1n) is 10.9. The van der Waals surface area contributed by atoms with Crippen LogP contribution in [-0.4, -0.2) is 62.9 Å². The summed E-state index contributed by atoms with van der Waals surface area (Å²) < 4.78 is 42.9. The van der Waals surface area contributed by atoms with Crippen LogP contribution in [0.1, 0.15) is 18.4 Å². The van der Waals surface area contributed by atoms with E-state index in [1.54, 1.807) is 30.3 Å². The van der Waals surface area contributed by atoms with Gasteiger partial charge in [-0.15, -0.1) is 0 Å². The summed E-state index contributed by atoms with van der Waals surface area (Å²) in [6.45, 7) is 0.851. The molecule has 0 aliphatic carbocycles. The van der Waals surface area contributed by atoms with Crippen LogP contribution in [0, 0.1) is 5.92 Å². The highest BCUT2D eigenvalue weighted by atomic mass is 32.2. The molecule has 0 aromatic heterocycles. The molecule has 178 valence electrons. The van der Waals surface area contributed by atoms with E-state index < -0.39 is 16.1 Å². The number of rotatable bonds is 9. The molecule has 1 amide bonds. The summed E-state index contributed by atoms with van der Waals surface area (Å²) in [6.07, 6.45) is 0.0125. The summed E-state index contributed by atoms with van der Waals surface area (Å²) in [5.41, 5.74) is 0.745. The molecule has 0 bridgehead atoms. The predicted octanol–water partition coefficient (Wildman–Crippen LogP) is 1.51. The Kier molecular flexibility index (Phi) is 7.36. The molecule has 33 heavy (non-hydrogen) atoms. The zero-order chi connectivity index (χ0) is 23.3. The third kappa shape index (κ3) is 6.16. The van der Waals surface area contributed by atoms with Crippen LogP contribution in [0.2, 0.25) is 0 Å². The van der Waals surface area contributed by atoms with Crippen molar-refractivity contribution in [1.82, 2.24) is 9.62 Å². The first kappa shape index (κ1) is 23.3. The van der Waals surface area contributed by atoms with Crippen LogP contribution in [0.3, 0.4) is 0 Å². The van der Waals surface area contributed by atoms with Crippen molar-refractivity contribution in [3.8, 4) is 17.2 Å². The van der Waals surface area contributed by atoms with E-state index in [0.717, 1.165) is 5.56 Å². The molecule has 2 aliphatic heterocycles. The number of nitrogens with zero attached hydrogens (tertiary/aromatic N) is 1. The Morgan fingerprint density at radius 3 is 2.61 bits per heavy atom. The van der Waals surface area contributed by atoms with Crippen molar-refractivity contribution in [3.05, 3.63) is 54.1 Å². The third-order valence-corrected chi connectivity index (χ3v) is 7.56. The minimum atomic E-state index is -3.42. The summed E-state index contributed by atoms with van der Waals surface area (Å²) in [5, 5.41) is 12.9. The van der Waals surface area contributed by atoms with E-state index in [2.05, 4.69) is 5.32 Å². The number of carbonyl (C=O) groups is 1. The fourth-order valence-electron chi connectivity index (χ4n) is 3.85. The lowest BCUT2D eigenvalue weighted by Crippen LogP contribution is -2.45. The highest BCUT2D eigenvalue weighted by Gasteiger charge is 2.31. The Bertz CT molecular complexity index is 1050. The maximum atomic E-state index is 12.7. The Morgan fingerprint density at radius 2 is 1.85 bits per heavy atom. The second-order valence-electron chi connectivity index (χ2n) is 8.14. The van der Waals surface area contributed by atoms with Crippen LogP contribution in [0.25, 0.3) is 0 Å². The largest absolute Gasteiger partial charge is 0.491 e. The normalized spacial score (nSPS) is 17.5. The highest BCUT2D eigenvalue weighted by molar-refractivity contribution is 7.88. The molecule has 1 atom stereocenters. The van der Waals surface area contributed by atoms with E-state index in [1.165, 1.54) is 4.31 Å². The molecule has 2 aromatic carbocycles. The van der Waals surface area contributed by atoms with Gasteiger partial charge in [0.1, 0.15) is 18.5 Å². The van der Waals surface area contributed by atoms with Gasteiger partial charge in [-0.05, 0) is 30.5 Å². The molecular formula is C23H28N2O7S. The molecule has 2 N–H and O–H groups in total. The Balaban J connectivity index is 1.17. The van der Waals surface area contributed by atoms with E-state index in [9.17, 15) is 18.3 Å². The predicted molar refractivity (Wildman–Crippen MR) is 120 cm³/mol. The Hall–Kier alpha value is -2.82. The highest BCUT2D eigenvalue weighted by Crippen LogP contribution is 2.35. The minimum absolute atomic E-state index is 0.0100. The summed E-state index contributed by atoms with van der Waals surface area (Å²) >= 11 is 0. The molecule has 2 aromatic rings. The molecule has 1 saturated heterocycles. The molecule has 2 heterocycles. The van der Waals surface area contributed by atoms with Crippen molar-refractivity contribution in [3.63, 3.8) is 0 Å². The monoisotopic (exact) mass is 476 g/mol. The van der Waals surface area contributed by atoms with Crippen molar-refractivity contribution in [1.29, 1.82) is 0 Å². The van der Waals surface area contributed by atoms with Crippen molar-refractivity contribution < 1.29 is 32.5 Å². The SMILES string of the molecule is O=C(NCC(O)COc1ccc2c(c1)OCO2)C1CCN(S(=O)(=O)Cc2ccccc2)CC1. The molecule has 1 fully saturated rings. The Morgan fingerprint density at radius 1 is 1.12 bits per heavy atom. The quantitative estimate of drug-likeness (QED) is 0.564. The van der Waals surface area contributed by atoms with Crippen molar-refractivity contribution in [2.75, 3.05) is 33.0 Å². The number of aliphatic hydroxyl groups excluding tert-OH is 1. The second-order valence-corrected chi connectivity index (χ2v) is 10.1. The number of sulfonamides is 1. The number of benzene rings is 2. The molecule has 9 nitrogen and oxygen atoms in total. The number of aliphatic hydroxyl groups is 1. The van der Waals surface area contributed by atoms with Crippen molar-refractivity contribution in [2.24, 2.45) is 5.92 Å². The number of nitrogens with one attached hydrogen (secondary N) is 1. The number of amides is 1. The van der Waals surface area contributed by atoms with Gasteiger partial charge >= 0.3 is 0 Å². The standard InChI is InChI=1S/C23H28N2O7S/c26-19(14-30-20-6-7-21-22(12-20)32-16-31-21)13-24-23(27)18-8-10-25(11-9-18)33(28,29)15-17-4-2-1-3-5-17/h1-7,12,18-19,26H,8-11,13-16H2,(H,24,27). The van der Waals surface area contributed by atoms with Gasteiger partial charge < -0.3 is 24.6 Å². The summed E-state index contributed by atoms with van der Waals surface area (Å²) in [4.78, 5) is 12.5. The lowest BCUT2D eigenvalue weighted by Gasteiger charge is -2.30. The number of ether oxygens (including phenoxy) is 3. The number of hydrogen-bond acceptors (Lipinski definition) is 7. The zero-order valence-corrected chi connectivity index (χ0v) is 19.0. The molecular weight excluding hydrogens is 448 g/mol. The van der Waals surface area contributed by atoms with Gasteiger partial charge in [0.2, 0.25) is 22.7 Å². The molecule has 0 radical (unpaired) electrons. The molecule has 2 aliphatic rings. The van der Waals surface area contributed by atoms with E-state index >= 15 is 0 Å². The molecule has 4 rings (SSSR count). The number of piperidine rings is 1. The number of fused-ring (bicyclic) bond motifs is 1. The van der Waals surface area contributed by atoms with Crippen molar-refractivity contribution >= 4 is 15.9 Å². The first-order chi connectivity index (χ1) is 15.9. The average Bonchev–Trinajstić information content (AvgIpc) is 3.29. The van der Waals surface area contributed by atoms with Gasteiger partial charge in [0.25, 0.3) is 0 Å². The van der Waals surface area contributed by atoms with E-state index in [-0.39, 0.29) is 37.5 Å². The van der Waals surface area contributed by atoms with Gasteiger partial charge in [-0.3, -0.25) is 4.79 Å². The number of carbonyl (C=O) groups excluding carboxylic acids is 1. The number of hydrogen-bond donors (Lipinski definition) is 2. The van der Waals surface area contributed by atoms with Gasteiger partial charge in [0, 0.05) is 31.6 Å². The second kappa shape index (κ2) is 10.4. The van der Waals surface area contributed by atoms with Crippen LogP contribution in [-0.2, 0) is 20.6 Å². The fraction of sp³-hybridized carbons (Fsp3) is 0.435. The van der Waals surface area contributed by atoms with Gasteiger partial charge in [0.15, 0.2) is 11.5 Å². The maximum absolute atomic E-state index is 12.7. The Labute approximate surface area is 193 Å². The minimum Gasteiger partial charge on any atom is -0.491 e. The van der Waals surface area contributed by atoms with Gasteiger partial charge in [0.05, 0.1) is 5.75 Å². The van der Waals surface area contributed by atoms with Crippen molar-refractivity contribution in [2.45, 2.75) is 24.7 Å². The van der Waals surface area contributed by atoms with Crippen LogP contribution in [0.4, 0.5) is 0 Å². The van der Waals surface area contributed by atoms with Crippen LogP contribution >= 0.6 is 0 Å². The zero-order valence-electron chi connectivity index (χ0n) is 18.2. The topological polar surface area (TPSA) is 114 Å². The molecule has 10 heteroatoms. The van der Waals surface area contributed by atoms with Gasteiger partial charge in [-0.25, -0.2) is 12.7 Å². The average molecular weight is 477 g/mol. The summed E-state index contributed by atoms with van der Waals surface area (Å²) in [6, 6.07) is 14.2. The molecule has 0 spiro atoms. The van der Waals surface area contributed by atoms with Gasteiger partial charge in [-0.1, -0.05) is 30.3 Å². The lowest BCUT2D eigenvalue weighted by molar-refractivity contribution is -0.126. The fourth-order valence-corrected chi connectivity index (χ4v) is 5.42. The van der Waals surface area contributed by atoms with Crippen LogP contribution < -0.4 is 19.5 Å². The van der Waals surface area contributed by atoms with Gasteiger partial charge in [-0.2, -0.15) is 0 Å². The van der Waals surface area contributed by atoms with E-state index in [4.69, 9.17) is 14.2 Å². The van der Waals surface area contributed by atoms with E-state index in [1.807, 2.05) is 18.2 Å². The van der Waals surface area contributed by atoms with E-state index in [0.29, 0.717) is 43.2 Å². The maximum Gasteiger partial charge on any atom is 0.231 e. The van der Waals surface area contributed by atoms with Crippen LogP contribution in [0.15, 0.2) is 48.5 Å². The third-order valence-electron chi connectivity index (χ3n) is 5.71. The first-order valence-corrected chi connectivity index (χ1v) is 12.5. The summed E-state index contributed by atoms with van der Waals surface area (Å²) in [7, 11) is -3.42. The lowest BCUT2D eigenvalue weighted by atomic mass is 9.97. The smallest absolute Gasteiger partial charge is 0.231 e. The summed E-state index contributed by atoms with van der Waals surface area (Å²) in [5.74, 6) is 1.27.